The van der Waals surface area contributed by atoms with Crippen LogP contribution in [0.4, 0.5) is 19.3 Å². The van der Waals surface area contributed by atoms with Crippen molar-refractivity contribution in [1.29, 1.82) is 0 Å². The Labute approximate surface area is 79.6 Å². The molecule has 0 N–H and O–H groups in total. The van der Waals surface area contributed by atoms with Crippen molar-refractivity contribution in [2.24, 2.45) is 0 Å². The Kier molecular flexibility index (Phi) is 3.01. The molecule has 1 aromatic rings. The summed E-state index contributed by atoms with van der Waals surface area (Å²) in [7, 11) is 0. The Balaban J connectivity index is 3.15. The summed E-state index contributed by atoms with van der Waals surface area (Å²) in [6.07, 6.45) is -1.56. The lowest BCUT2D eigenvalue weighted by molar-refractivity contribution is -0.246. The topological polar surface area (TPSA) is 43.4 Å². The van der Waals surface area contributed by atoms with Gasteiger partial charge in [-0.25, -0.2) is 8.78 Å². The third-order valence-electron chi connectivity index (χ3n) is 1.74. The van der Waals surface area contributed by atoms with Crippen molar-refractivity contribution in [3.05, 3.63) is 29.8 Å². The molecule has 0 fully saturated rings. The zero-order valence-corrected chi connectivity index (χ0v) is 7.46. The molecule has 3 nitrogen and oxygen atoms in total. The van der Waals surface area contributed by atoms with Crippen LogP contribution in [0.2, 0.25) is 0 Å². The number of hydrogen-bond acceptors (Lipinski definition) is 2. The van der Waals surface area contributed by atoms with E-state index in [1.54, 1.807) is 0 Å². The highest BCUT2D eigenvalue weighted by atomic mass is 19.1. The minimum absolute atomic E-state index is 0.00269. The van der Waals surface area contributed by atoms with Gasteiger partial charge in [0.1, 0.15) is 17.7 Å². The summed E-state index contributed by atoms with van der Waals surface area (Å²) in [5.41, 5.74) is -0.326. The van der Waals surface area contributed by atoms with Gasteiger partial charge in [0.2, 0.25) is 0 Å². The molecule has 0 aliphatic carbocycles. The second kappa shape index (κ2) is 4.04. The second-order valence-corrected chi connectivity index (χ2v) is 2.61. The minimum atomic E-state index is -1.56. The molecule has 0 saturated heterocycles. The van der Waals surface area contributed by atoms with Gasteiger partial charge in [-0.1, -0.05) is 0 Å². The van der Waals surface area contributed by atoms with Gasteiger partial charge in [0.15, 0.2) is 0 Å². The fourth-order valence-corrected chi connectivity index (χ4v) is 1.09. The van der Waals surface area contributed by atoms with Crippen molar-refractivity contribution in [3.63, 3.8) is 0 Å². The Morgan fingerprint density at radius 1 is 1.50 bits per heavy atom. The fourth-order valence-electron chi connectivity index (χ4n) is 1.09. The summed E-state index contributed by atoms with van der Waals surface area (Å²) in [5.74, 6) is -1.49. The van der Waals surface area contributed by atoms with E-state index in [0.29, 0.717) is 4.90 Å². The number of carboxylic acid groups (broad SMARTS) is 1. The first kappa shape index (κ1) is 10.4. The highest BCUT2D eigenvalue weighted by Crippen LogP contribution is 2.19. The first-order valence-corrected chi connectivity index (χ1v) is 3.99. The van der Waals surface area contributed by atoms with E-state index >= 15 is 0 Å². The second-order valence-electron chi connectivity index (χ2n) is 2.61. The Morgan fingerprint density at radius 2 is 2.14 bits per heavy atom. The predicted molar refractivity (Wildman–Crippen MR) is 44.8 cm³/mol. The Hall–Kier alpha value is -1.65. The first-order valence-electron chi connectivity index (χ1n) is 3.99. The summed E-state index contributed by atoms with van der Waals surface area (Å²) >= 11 is 0. The van der Waals surface area contributed by atoms with Crippen molar-refractivity contribution in [1.82, 2.24) is 0 Å². The van der Waals surface area contributed by atoms with E-state index in [0.717, 1.165) is 18.2 Å². The lowest BCUT2D eigenvalue weighted by atomic mass is 10.2. The average Bonchev–Trinajstić information content (AvgIpc) is 2.11. The quantitative estimate of drug-likeness (QED) is 0.718. The molecule has 0 atom stereocenters. The monoisotopic (exact) mass is 200 g/mol. The van der Waals surface area contributed by atoms with E-state index in [2.05, 4.69) is 0 Å². The number of halogens is 2. The molecule has 76 valence electrons. The van der Waals surface area contributed by atoms with E-state index in [1.807, 2.05) is 0 Å². The number of hydrogen-bond donors (Lipinski definition) is 0. The van der Waals surface area contributed by atoms with Crippen LogP contribution in [0.15, 0.2) is 18.2 Å². The minimum Gasteiger partial charge on any atom is -0.530 e. The maximum atomic E-state index is 13.1. The maximum absolute atomic E-state index is 13.1. The average molecular weight is 200 g/mol. The number of benzene rings is 1. The van der Waals surface area contributed by atoms with Crippen LogP contribution >= 0.6 is 0 Å². The molecule has 5 heteroatoms. The summed E-state index contributed by atoms with van der Waals surface area (Å²) in [6, 6.07) is 2.60. The van der Waals surface area contributed by atoms with Crippen molar-refractivity contribution < 1.29 is 18.7 Å². The molecule has 0 aromatic heterocycles. The molecule has 0 unspecified atom stereocenters. The SMILES string of the molecule is CCN(C(=O)[O-])c1cc(F)ccc1F. The zero-order chi connectivity index (χ0) is 10.7. The summed E-state index contributed by atoms with van der Waals surface area (Å²) < 4.78 is 25.8. The van der Waals surface area contributed by atoms with Crippen LogP contribution in [0.25, 0.3) is 0 Å². The lowest BCUT2D eigenvalue weighted by Crippen LogP contribution is -2.41. The summed E-state index contributed by atoms with van der Waals surface area (Å²) in [4.78, 5) is 11.1. The first-order chi connectivity index (χ1) is 6.56. The molecule has 1 aromatic carbocycles. The normalized spacial score (nSPS) is 9.93. The lowest BCUT2D eigenvalue weighted by Gasteiger charge is -2.23. The van der Waals surface area contributed by atoms with Gasteiger partial charge in [-0.3, -0.25) is 0 Å². The predicted octanol–water partition coefficient (Wildman–Crippen LogP) is 1.13. The van der Waals surface area contributed by atoms with E-state index < -0.39 is 17.7 Å². The van der Waals surface area contributed by atoms with E-state index in [1.165, 1.54) is 6.92 Å². The molecule has 0 heterocycles. The summed E-state index contributed by atoms with van der Waals surface area (Å²) in [6.45, 7) is 1.50. The number of carbonyl (C=O) groups excluding carboxylic acids is 1. The molecule has 0 saturated carbocycles. The van der Waals surface area contributed by atoms with Crippen LogP contribution in [-0.2, 0) is 0 Å². The van der Waals surface area contributed by atoms with Gasteiger partial charge in [-0.05, 0) is 19.1 Å². The molecule has 1 amide bonds. The third-order valence-corrected chi connectivity index (χ3v) is 1.74. The standard InChI is InChI=1S/C9H9F2NO2/c1-2-12(9(13)14)8-5-6(10)3-4-7(8)11/h3-5H,2H2,1H3,(H,13,14)/p-1. The van der Waals surface area contributed by atoms with Crippen LogP contribution in [-0.4, -0.2) is 12.6 Å². The van der Waals surface area contributed by atoms with Crippen molar-refractivity contribution in [2.45, 2.75) is 6.92 Å². The van der Waals surface area contributed by atoms with Gasteiger partial charge in [0.05, 0.1) is 5.69 Å². The van der Waals surface area contributed by atoms with Gasteiger partial charge >= 0.3 is 0 Å². The number of rotatable bonds is 2. The van der Waals surface area contributed by atoms with Crippen LogP contribution in [0.3, 0.4) is 0 Å². The van der Waals surface area contributed by atoms with Crippen molar-refractivity contribution in [3.8, 4) is 0 Å². The van der Waals surface area contributed by atoms with Gasteiger partial charge < -0.3 is 14.8 Å². The van der Waals surface area contributed by atoms with Crippen LogP contribution in [0.5, 0.6) is 0 Å². The number of anilines is 1. The molecular weight excluding hydrogens is 192 g/mol. The number of amides is 1. The van der Waals surface area contributed by atoms with Gasteiger partial charge in [0.25, 0.3) is 0 Å². The largest absolute Gasteiger partial charge is 0.530 e. The molecule has 0 bridgehead atoms. The molecule has 0 aliphatic heterocycles. The van der Waals surface area contributed by atoms with E-state index in [4.69, 9.17) is 0 Å². The molecule has 0 spiro atoms. The van der Waals surface area contributed by atoms with Gasteiger partial charge in [0, 0.05) is 12.6 Å². The highest BCUT2D eigenvalue weighted by Gasteiger charge is 2.11. The van der Waals surface area contributed by atoms with Crippen LogP contribution in [0, 0.1) is 11.6 Å². The molecule has 0 aliphatic rings. The third kappa shape index (κ3) is 1.99. The molecule has 14 heavy (non-hydrogen) atoms. The molecule has 1 rings (SSSR count). The van der Waals surface area contributed by atoms with E-state index in [9.17, 15) is 18.7 Å². The van der Waals surface area contributed by atoms with Crippen LogP contribution in [0.1, 0.15) is 6.92 Å². The van der Waals surface area contributed by atoms with Crippen molar-refractivity contribution >= 4 is 11.8 Å². The highest BCUT2D eigenvalue weighted by molar-refractivity contribution is 5.84. The van der Waals surface area contributed by atoms with Gasteiger partial charge in [-0.15, -0.1) is 0 Å². The Bertz CT molecular complexity index is 355. The summed E-state index contributed by atoms with van der Waals surface area (Å²) in [5, 5.41) is 10.5. The van der Waals surface area contributed by atoms with Crippen molar-refractivity contribution in [2.75, 3.05) is 11.4 Å². The Morgan fingerprint density at radius 3 is 2.64 bits per heavy atom. The van der Waals surface area contributed by atoms with Gasteiger partial charge in [-0.2, -0.15) is 0 Å². The zero-order valence-electron chi connectivity index (χ0n) is 7.46. The molecular formula is C9H8F2NO2-. The molecule has 0 radical (unpaired) electrons. The van der Waals surface area contributed by atoms with Crippen LogP contribution < -0.4 is 10.0 Å². The fraction of sp³-hybridized carbons (Fsp3) is 0.222. The number of carbonyl (C=O) groups is 1. The maximum Gasteiger partial charge on any atom is 0.147 e. The van der Waals surface area contributed by atoms with E-state index in [-0.39, 0.29) is 12.2 Å². The number of nitrogens with zero attached hydrogens (tertiary/aromatic N) is 1. The smallest absolute Gasteiger partial charge is 0.147 e.